The molecule has 1 aliphatic heterocycles. The maximum atomic E-state index is 11.5. The number of hydrogen-bond acceptors (Lipinski definition) is 3. The van der Waals surface area contributed by atoms with Gasteiger partial charge >= 0.3 is 0 Å². The molecule has 0 aromatic heterocycles. The predicted molar refractivity (Wildman–Crippen MR) is 114 cm³/mol. The van der Waals surface area contributed by atoms with E-state index in [2.05, 4.69) is 15.5 Å². The summed E-state index contributed by atoms with van der Waals surface area (Å²) >= 11 is 0. The molecule has 6 heteroatoms. The fraction of sp³-hybridized carbons (Fsp3) is 0.364. The maximum Gasteiger partial charge on any atom is 0.221 e. The quantitative estimate of drug-likeness (QED) is 0.605. The van der Waals surface area contributed by atoms with Crippen molar-refractivity contribution in [2.24, 2.45) is 4.99 Å². The van der Waals surface area contributed by atoms with Gasteiger partial charge in [0.05, 0.1) is 19.3 Å². The van der Waals surface area contributed by atoms with Crippen molar-refractivity contribution in [1.82, 2.24) is 4.90 Å². The molecule has 1 heterocycles. The first-order valence-electron chi connectivity index (χ1n) is 9.71. The third kappa shape index (κ3) is 5.49. The van der Waals surface area contributed by atoms with E-state index in [4.69, 9.17) is 9.73 Å². The third-order valence-corrected chi connectivity index (χ3v) is 4.67. The predicted octanol–water partition coefficient (Wildman–Crippen LogP) is 4.11. The van der Waals surface area contributed by atoms with E-state index >= 15 is 0 Å². The summed E-state index contributed by atoms with van der Waals surface area (Å²) in [7, 11) is 1.59. The highest BCUT2D eigenvalue weighted by atomic mass is 16.5. The summed E-state index contributed by atoms with van der Waals surface area (Å²) in [5, 5.41) is 6.29. The summed E-state index contributed by atoms with van der Waals surface area (Å²) in [5.74, 6) is 1.41. The van der Waals surface area contributed by atoms with Crippen LogP contribution in [0.4, 0.5) is 11.4 Å². The summed E-state index contributed by atoms with van der Waals surface area (Å²) in [6.07, 6.45) is 3.64. The molecule has 6 nitrogen and oxygen atoms in total. The number of hydrogen-bond donors (Lipinski definition) is 2. The lowest BCUT2D eigenvalue weighted by molar-refractivity contribution is -0.114. The lowest BCUT2D eigenvalue weighted by Crippen LogP contribution is -2.40. The Bertz CT molecular complexity index is 815. The zero-order valence-electron chi connectivity index (χ0n) is 16.6. The lowest BCUT2D eigenvalue weighted by Gasteiger charge is -2.30. The molecule has 0 aliphatic carbocycles. The van der Waals surface area contributed by atoms with Crippen LogP contribution in [0, 0.1) is 0 Å². The van der Waals surface area contributed by atoms with Gasteiger partial charge in [0.25, 0.3) is 0 Å². The molecule has 0 unspecified atom stereocenters. The number of rotatable bonds is 5. The van der Waals surface area contributed by atoms with Crippen LogP contribution < -0.4 is 15.4 Å². The Morgan fingerprint density at radius 2 is 1.82 bits per heavy atom. The number of carbonyl (C=O) groups is 1. The first kappa shape index (κ1) is 19.7. The van der Waals surface area contributed by atoms with Crippen molar-refractivity contribution in [2.45, 2.75) is 32.7 Å². The Balaban J connectivity index is 1.80. The Labute approximate surface area is 166 Å². The molecule has 2 aromatic carbocycles. The number of anilines is 2. The van der Waals surface area contributed by atoms with Crippen LogP contribution in [0.5, 0.6) is 5.75 Å². The monoisotopic (exact) mass is 380 g/mol. The van der Waals surface area contributed by atoms with E-state index in [0.29, 0.717) is 18.0 Å². The summed E-state index contributed by atoms with van der Waals surface area (Å²) in [4.78, 5) is 18.6. The third-order valence-electron chi connectivity index (χ3n) is 4.67. The Morgan fingerprint density at radius 1 is 1.07 bits per heavy atom. The van der Waals surface area contributed by atoms with Crippen LogP contribution in [-0.4, -0.2) is 37.0 Å². The van der Waals surface area contributed by atoms with Crippen LogP contribution in [-0.2, 0) is 11.3 Å². The average molecular weight is 380 g/mol. The number of guanidine groups is 1. The summed E-state index contributed by atoms with van der Waals surface area (Å²) < 4.78 is 5.33. The molecule has 0 radical (unpaired) electrons. The Hall–Kier alpha value is -3.02. The number of ether oxygens (including phenoxy) is 1. The maximum absolute atomic E-state index is 11.5. The van der Waals surface area contributed by atoms with Crippen molar-refractivity contribution in [3.63, 3.8) is 0 Å². The smallest absolute Gasteiger partial charge is 0.221 e. The number of nitrogens with zero attached hydrogens (tertiary/aromatic N) is 2. The minimum absolute atomic E-state index is 0.126. The molecule has 1 amide bonds. The van der Waals surface area contributed by atoms with Gasteiger partial charge in [0.1, 0.15) is 5.75 Å². The number of para-hydroxylation sites is 1. The number of benzene rings is 2. The fourth-order valence-corrected chi connectivity index (χ4v) is 3.28. The second kappa shape index (κ2) is 9.78. The molecule has 1 fully saturated rings. The van der Waals surface area contributed by atoms with Gasteiger partial charge in [-0.3, -0.25) is 4.79 Å². The highest BCUT2D eigenvalue weighted by Gasteiger charge is 2.15. The largest absolute Gasteiger partial charge is 0.495 e. The van der Waals surface area contributed by atoms with E-state index in [-0.39, 0.29) is 5.91 Å². The van der Waals surface area contributed by atoms with Gasteiger partial charge in [-0.1, -0.05) is 24.3 Å². The second-order valence-corrected chi connectivity index (χ2v) is 6.89. The van der Waals surface area contributed by atoms with Gasteiger partial charge in [-0.05, 0) is 49.1 Å². The zero-order chi connectivity index (χ0) is 19.8. The van der Waals surface area contributed by atoms with Crippen LogP contribution in [0.25, 0.3) is 0 Å². The number of piperidine rings is 1. The SMILES string of the molecule is COc1ccc(CN=C(Nc2ccccc2)N2CCCCC2)cc1NC(C)=O. The molecule has 1 saturated heterocycles. The van der Waals surface area contributed by atoms with E-state index in [9.17, 15) is 4.79 Å². The molecule has 0 spiro atoms. The molecule has 0 bridgehead atoms. The lowest BCUT2D eigenvalue weighted by atomic mass is 10.1. The molecule has 2 aromatic rings. The van der Waals surface area contributed by atoms with E-state index in [1.807, 2.05) is 48.5 Å². The van der Waals surface area contributed by atoms with Crippen molar-refractivity contribution in [3.8, 4) is 5.75 Å². The number of amides is 1. The van der Waals surface area contributed by atoms with Gasteiger partial charge in [0.15, 0.2) is 5.96 Å². The minimum atomic E-state index is -0.126. The van der Waals surface area contributed by atoms with Gasteiger partial charge in [0.2, 0.25) is 5.91 Å². The molecule has 0 atom stereocenters. The van der Waals surface area contributed by atoms with E-state index in [0.717, 1.165) is 30.3 Å². The molecule has 148 valence electrons. The molecule has 2 N–H and O–H groups in total. The topological polar surface area (TPSA) is 66.0 Å². The van der Waals surface area contributed by atoms with Gasteiger partial charge in [-0.25, -0.2) is 4.99 Å². The summed E-state index contributed by atoms with van der Waals surface area (Å²) in [5.41, 5.74) is 2.70. The average Bonchev–Trinajstić information content (AvgIpc) is 2.72. The normalized spacial score (nSPS) is 14.5. The molecule has 1 aliphatic rings. The van der Waals surface area contributed by atoms with Crippen LogP contribution in [0.3, 0.4) is 0 Å². The van der Waals surface area contributed by atoms with E-state index in [1.165, 1.54) is 26.2 Å². The van der Waals surface area contributed by atoms with Gasteiger partial charge in [0, 0.05) is 25.7 Å². The fourth-order valence-electron chi connectivity index (χ4n) is 3.28. The highest BCUT2D eigenvalue weighted by molar-refractivity contribution is 5.94. The number of aliphatic imine (C=N–C) groups is 1. The zero-order valence-corrected chi connectivity index (χ0v) is 16.6. The van der Waals surface area contributed by atoms with Crippen LogP contribution in [0.1, 0.15) is 31.7 Å². The van der Waals surface area contributed by atoms with E-state index in [1.54, 1.807) is 7.11 Å². The first-order valence-corrected chi connectivity index (χ1v) is 9.71. The van der Waals surface area contributed by atoms with Crippen molar-refractivity contribution < 1.29 is 9.53 Å². The van der Waals surface area contributed by atoms with Crippen molar-refractivity contribution in [3.05, 3.63) is 54.1 Å². The van der Waals surface area contributed by atoms with Gasteiger partial charge in [-0.15, -0.1) is 0 Å². The first-order chi connectivity index (χ1) is 13.7. The standard InChI is InChI=1S/C22H28N4O2/c1-17(27)24-20-15-18(11-12-21(20)28-2)16-23-22(26-13-7-4-8-14-26)25-19-9-5-3-6-10-19/h3,5-6,9-12,15H,4,7-8,13-14,16H2,1-2H3,(H,23,25)(H,24,27). The molecule has 3 rings (SSSR count). The van der Waals surface area contributed by atoms with Crippen LogP contribution >= 0.6 is 0 Å². The Morgan fingerprint density at radius 3 is 2.50 bits per heavy atom. The second-order valence-electron chi connectivity index (χ2n) is 6.89. The molecule has 0 saturated carbocycles. The van der Waals surface area contributed by atoms with Crippen molar-refractivity contribution in [1.29, 1.82) is 0 Å². The molecular formula is C22H28N4O2. The highest BCUT2D eigenvalue weighted by Crippen LogP contribution is 2.26. The summed E-state index contributed by atoms with van der Waals surface area (Å²) in [6.45, 7) is 4.03. The molecular weight excluding hydrogens is 352 g/mol. The van der Waals surface area contributed by atoms with Gasteiger partial charge in [-0.2, -0.15) is 0 Å². The number of likely N-dealkylation sites (tertiary alicyclic amines) is 1. The number of nitrogens with one attached hydrogen (secondary N) is 2. The molecule has 28 heavy (non-hydrogen) atoms. The van der Waals surface area contributed by atoms with Crippen molar-refractivity contribution >= 4 is 23.2 Å². The van der Waals surface area contributed by atoms with Crippen LogP contribution in [0.2, 0.25) is 0 Å². The van der Waals surface area contributed by atoms with E-state index < -0.39 is 0 Å². The number of methoxy groups -OCH3 is 1. The summed E-state index contributed by atoms with van der Waals surface area (Å²) in [6, 6.07) is 15.9. The Kier molecular flexibility index (Phi) is 6.89. The van der Waals surface area contributed by atoms with Crippen LogP contribution in [0.15, 0.2) is 53.5 Å². The van der Waals surface area contributed by atoms with Crippen molar-refractivity contribution in [2.75, 3.05) is 30.8 Å². The number of carbonyl (C=O) groups excluding carboxylic acids is 1. The van der Waals surface area contributed by atoms with Gasteiger partial charge < -0.3 is 20.3 Å². The minimum Gasteiger partial charge on any atom is -0.495 e.